The standard InChI is InChI=1S/C18H24FNO3/c19-15-6-3-5-14(11-15)18(8-1-2-9-18)20-17(21)13-22-12-16-7-4-10-23-16/h3,5-6,11,16H,1-2,4,7-10,12-13H2,(H,20,21). The Kier molecular flexibility index (Phi) is 5.28. The van der Waals surface area contributed by atoms with Gasteiger partial charge in [-0.1, -0.05) is 25.0 Å². The number of ether oxygens (including phenoxy) is 2. The summed E-state index contributed by atoms with van der Waals surface area (Å²) in [7, 11) is 0. The van der Waals surface area contributed by atoms with Gasteiger partial charge in [-0.05, 0) is 43.4 Å². The monoisotopic (exact) mass is 321 g/mol. The van der Waals surface area contributed by atoms with Crippen molar-refractivity contribution < 1.29 is 18.7 Å². The van der Waals surface area contributed by atoms with Gasteiger partial charge in [0.25, 0.3) is 0 Å². The van der Waals surface area contributed by atoms with E-state index < -0.39 is 5.54 Å². The van der Waals surface area contributed by atoms with E-state index >= 15 is 0 Å². The fourth-order valence-corrected chi connectivity index (χ4v) is 3.61. The van der Waals surface area contributed by atoms with Crippen LogP contribution in [0.5, 0.6) is 0 Å². The lowest BCUT2D eigenvalue weighted by molar-refractivity contribution is -0.129. The summed E-state index contributed by atoms with van der Waals surface area (Å²) < 4.78 is 24.5. The van der Waals surface area contributed by atoms with Crippen LogP contribution in [-0.4, -0.2) is 31.8 Å². The molecule has 1 aliphatic heterocycles. The molecule has 1 unspecified atom stereocenters. The van der Waals surface area contributed by atoms with Crippen molar-refractivity contribution in [2.45, 2.75) is 50.2 Å². The van der Waals surface area contributed by atoms with Gasteiger partial charge in [-0.3, -0.25) is 4.79 Å². The van der Waals surface area contributed by atoms with Crippen LogP contribution in [0, 0.1) is 5.82 Å². The minimum Gasteiger partial charge on any atom is -0.376 e. The minimum atomic E-state index is -0.452. The van der Waals surface area contributed by atoms with Gasteiger partial charge >= 0.3 is 0 Å². The Morgan fingerprint density at radius 1 is 1.35 bits per heavy atom. The van der Waals surface area contributed by atoms with Crippen LogP contribution in [0.4, 0.5) is 4.39 Å². The number of benzene rings is 1. The first kappa shape index (κ1) is 16.4. The quantitative estimate of drug-likeness (QED) is 0.876. The molecule has 3 rings (SSSR count). The number of nitrogens with one attached hydrogen (secondary N) is 1. The van der Waals surface area contributed by atoms with Crippen LogP contribution >= 0.6 is 0 Å². The molecule has 0 radical (unpaired) electrons. The molecule has 0 bridgehead atoms. The SMILES string of the molecule is O=C(COCC1CCCO1)NC1(c2cccc(F)c2)CCCC1. The Labute approximate surface area is 136 Å². The van der Waals surface area contributed by atoms with Crippen molar-refractivity contribution >= 4 is 5.91 Å². The van der Waals surface area contributed by atoms with E-state index in [9.17, 15) is 9.18 Å². The molecule has 1 saturated carbocycles. The number of amides is 1. The van der Waals surface area contributed by atoms with Crippen LogP contribution in [0.3, 0.4) is 0 Å². The molecule has 5 heteroatoms. The second-order valence-electron chi connectivity index (χ2n) is 6.50. The third-order valence-corrected chi connectivity index (χ3v) is 4.77. The molecular formula is C18H24FNO3. The van der Waals surface area contributed by atoms with Gasteiger partial charge in [0, 0.05) is 6.61 Å². The molecule has 23 heavy (non-hydrogen) atoms. The van der Waals surface area contributed by atoms with Crippen molar-refractivity contribution in [2.24, 2.45) is 0 Å². The highest BCUT2D eigenvalue weighted by molar-refractivity contribution is 5.78. The zero-order chi connectivity index (χ0) is 16.1. The van der Waals surface area contributed by atoms with Crippen LogP contribution in [-0.2, 0) is 19.8 Å². The number of halogens is 1. The van der Waals surface area contributed by atoms with Gasteiger partial charge in [-0.25, -0.2) is 4.39 Å². The summed E-state index contributed by atoms with van der Waals surface area (Å²) in [5, 5.41) is 3.09. The van der Waals surface area contributed by atoms with Crippen molar-refractivity contribution in [1.82, 2.24) is 5.32 Å². The zero-order valence-corrected chi connectivity index (χ0v) is 13.4. The number of rotatable bonds is 6. The molecule has 0 aromatic heterocycles. The van der Waals surface area contributed by atoms with E-state index in [0.717, 1.165) is 50.7 Å². The maximum absolute atomic E-state index is 13.6. The lowest BCUT2D eigenvalue weighted by Gasteiger charge is -2.31. The van der Waals surface area contributed by atoms with E-state index in [-0.39, 0.29) is 24.4 Å². The van der Waals surface area contributed by atoms with Gasteiger partial charge in [0.15, 0.2) is 0 Å². The molecular weight excluding hydrogens is 297 g/mol. The fourth-order valence-electron chi connectivity index (χ4n) is 3.61. The van der Waals surface area contributed by atoms with Crippen molar-refractivity contribution in [2.75, 3.05) is 19.8 Å². The van der Waals surface area contributed by atoms with Crippen LogP contribution in [0.15, 0.2) is 24.3 Å². The molecule has 2 aliphatic rings. The fraction of sp³-hybridized carbons (Fsp3) is 0.611. The highest BCUT2D eigenvalue weighted by Crippen LogP contribution is 2.38. The Hall–Kier alpha value is -1.46. The van der Waals surface area contributed by atoms with E-state index in [0.29, 0.717) is 6.61 Å². The van der Waals surface area contributed by atoms with Crippen molar-refractivity contribution in [3.05, 3.63) is 35.6 Å². The van der Waals surface area contributed by atoms with Crippen molar-refractivity contribution in [3.8, 4) is 0 Å². The number of hydrogen-bond donors (Lipinski definition) is 1. The Balaban J connectivity index is 1.57. The average Bonchev–Trinajstić information content (AvgIpc) is 3.20. The average molecular weight is 321 g/mol. The Morgan fingerprint density at radius 2 is 2.17 bits per heavy atom. The first-order valence-corrected chi connectivity index (χ1v) is 8.44. The van der Waals surface area contributed by atoms with Gasteiger partial charge in [0.1, 0.15) is 12.4 Å². The molecule has 0 spiro atoms. The number of hydrogen-bond acceptors (Lipinski definition) is 3. The molecule has 126 valence electrons. The van der Waals surface area contributed by atoms with E-state index in [1.165, 1.54) is 12.1 Å². The largest absolute Gasteiger partial charge is 0.376 e. The highest BCUT2D eigenvalue weighted by Gasteiger charge is 2.37. The predicted molar refractivity (Wildman–Crippen MR) is 84.5 cm³/mol. The first-order chi connectivity index (χ1) is 11.2. The van der Waals surface area contributed by atoms with E-state index in [4.69, 9.17) is 9.47 Å². The van der Waals surface area contributed by atoms with E-state index in [1.807, 2.05) is 6.07 Å². The number of carbonyl (C=O) groups is 1. The lowest BCUT2D eigenvalue weighted by Crippen LogP contribution is -2.45. The van der Waals surface area contributed by atoms with Crippen LogP contribution < -0.4 is 5.32 Å². The van der Waals surface area contributed by atoms with Gasteiger partial charge in [-0.15, -0.1) is 0 Å². The summed E-state index contributed by atoms with van der Waals surface area (Å²) in [6.07, 6.45) is 5.92. The molecule has 4 nitrogen and oxygen atoms in total. The predicted octanol–water partition coefficient (Wildman–Crippen LogP) is 2.91. The molecule has 1 saturated heterocycles. The Bertz CT molecular complexity index is 537. The first-order valence-electron chi connectivity index (χ1n) is 8.44. The normalized spacial score (nSPS) is 23.1. The van der Waals surface area contributed by atoms with Gasteiger partial charge in [0.05, 0.1) is 18.2 Å². The maximum atomic E-state index is 13.6. The number of carbonyl (C=O) groups excluding carboxylic acids is 1. The minimum absolute atomic E-state index is 0.0247. The molecule has 1 N–H and O–H groups in total. The third-order valence-electron chi connectivity index (χ3n) is 4.77. The maximum Gasteiger partial charge on any atom is 0.246 e. The summed E-state index contributed by atoms with van der Waals surface area (Å²) in [5.74, 6) is -0.410. The van der Waals surface area contributed by atoms with Gasteiger partial charge in [-0.2, -0.15) is 0 Å². The summed E-state index contributed by atoms with van der Waals surface area (Å²) in [4.78, 5) is 12.3. The van der Waals surface area contributed by atoms with Gasteiger partial charge < -0.3 is 14.8 Å². The molecule has 1 amide bonds. The van der Waals surface area contributed by atoms with Crippen LogP contribution in [0.2, 0.25) is 0 Å². The zero-order valence-electron chi connectivity index (χ0n) is 13.4. The second-order valence-corrected chi connectivity index (χ2v) is 6.50. The van der Waals surface area contributed by atoms with Crippen LogP contribution in [0.25, 0.3) is 0 Å². The summed E-state index contributed by atoms with van der Waals surface area (Å²) in [5.41, 5.74) is 0.398. The second kappa shape index (κ2) is 7.41. The molecule has 1 aliphatic carbocycles. The van der Waals surface area contributed by atoms with Crippen molar-refractivity contribution in [1.29, 1.82) is 0 Å². The lowest BCUT2D eigenvalue weighted by atomic mass is 9.88. The summed E-state index contributed by atoms with van der Waals surface area (Å²) >= 11 is 0. The Morgan fingerprint density at radius 3 is 2.87 bits per heavy atom. The van der Waals surface area contributed by atoms with E-state index in [1.54, 1.807) is 6.07 Å². The smallest absolute Gasteiger partial charge is 0.246 e. The molecule has 1 aromatic carbocycles. The molecule has 1 aromatic rings. The topological polar surface area (TPSA) is 47.6 Å². The van der Waals surface area contributed by atoms with Crippen molar-refractivity contribution in [3.63, 3.8) is 0 Å². The van der Waals surface area contributed by atoms with Gasteiger partial charge in [0.2, 0.25) is 5.91 Å². The summed E-state index contributed by atoms with van der Waals surface area (Å²) in [6.45, 7) is 1.26. The third kappa shape index (κ3) is 4.09. The van der Waals surface area contributed by atoms with Crippen LogP contribution in [0.1, 0.15) is 44.1 Å². The summed E-state index contributed by atoms with van der Waals surface area (Å²) in [6, 6.07) is 6.55. The molecule has 1 atom stereocenters. The molecule has 2 fully saturated rings. The van der Waals surface area contributed by atoms with E-state index in [2.05, 4.69) is 5.32 Å². The molecule has 1 heterocycles. The highest BCUT2D eigenvalue weighted by atomic mass is 19.1.